The lowest BCUT2D eigenvalue weighted by molar-refractivity contribution is 0.0696. The Balaban J connectivity index is 1.87. The molecule has 0 fully saturated rings. The van der Waals surface area contributed by atoms with E-state index in [-0.39, 0.29) is 17.6 Å². The summed E-state index contributed by atoms with van der Waals surface area (Å²) in [5.74, 6) is -0.899. The number of anilines is 1. The van der Waals surface area contributed by atoms with E-state index in [1.54, 1.807) is 6.07 Å². The van der Waals surface area contributed by atoms with E-state index in [0.717, 1.165) is 16.9 Å². The van der Waals surface area contributed by atoms with Crippen LogP contribution in [0.2, 0.25) is 0 Å². The molecule has 0 unspecified atom stereocenters. The highest BCUT2D eigenvalue weighted by Gasteiger charge is 2.19. The van der Waals surface area contributed by atoms with Crippen LogP contribution >= 0.6 is 11.3 Å². The van der Waals surface area contributed by atoms with Crippen molar-refractivity contribution in [2.24, 2.45) is 0 Å². The van der Waals surface area contributed by atoms with Gasteiger partial charge in [0.2, 0.25) is 0 Å². The standard InChI is InChI=1S/C18H19NO5S/c1-10(2)24-14-4-3-11(18(21)22)7-13(14)19-17(20)16-8-12-9-23-6-5-15(12)25-16/h3-4,7-8,10H,5-6,9H2,1-2H3,(H,19,20)(H,21,22). The lowest BCUT2D eigenvalue weighted by atomic mass is 10.1. The molecule has 1 aliphatic rings. The summed E-state index contributed by atoms with van der Waals surface area (Å²) in [5.41, 5.74) is 1.48. The molecule has 3 rings (SSSR count). The van der Waals surface area contributed by atoms with Gasteiger partial charge in [-0.25, -0.2) is 4.79 Å². The molecule has 1 aliphatic heterocycles. The molecule has 0 bridgehead atoms. The summed E-state index contributed by atoms with van der Waals surface area (Å²) >= 11 is 1.44. The third-order valence-corrected chi connectivity index (χ3v) is 4.92. The second-order valence-electron chi connectivity index (χ2n) is 6.00. The summed E-state index contributed by atoms with van der Waals surface area (Å²) in [6, 6.07) is 6.26. The molecule has 1 aromatic heterocycles. The van der Waals surface area contributed by atoms with Crippen molar-refractivity contribution < 1.29 is 24.2 Å². The molecule has 132 valence electrons. The van der Waals surface area contributed by atoms with Crippen LogP contribution in [-0.2, 0) is 17.8 Å². The molecule has 0 spiro atoms. The first kappa shape index (κ1) is 17.4. The molecule has 25 heavy (non-hydrogen) atoms. The molecule has 0 saturated carbocycles. The minimum atomic E-state index is -1.06. The summed E-state index contributed by atoms with van der Waals surface area (Å²) in [4.78, 5) is 25.6. The second kappa shape index (κ2) is 7.25. The quantitative estimate of drug-likeness (QED) is 0.851. The van der Waals surface area contributed by atoms with Crippen molar-refractivity contribution in [1.29, 1.82) is 0 Å². The molecular formula is C18H19NO5S. The molecule has 7 heteroatoms. The molecule has 0 radical (unpaired) electrons. The van der Waals surface area contributed by atoms with Crippen molar-refractivity contribution in [3.8, 4) is 5.75 Å². The van der Waals surface area contributed by atoms with E-state index in [1.807, 2.05) is 19.9 Å². The number of carboxylic acid groups (broad SMARTS) is 1. The zero-order valence-electron chi connectivity index (χ0n) is 14.0. The van der Waals surface area contributed by atoms with Crippen molar-refractivity contribution in [2.75, 3.05) is 11.9 Å². The molecule has 6 nitrogen and oxygen atoms in total. The Morgan fingerprint density at radius 3 is 2.80 bits per heavy atom. The molecule has 0 aliphatic carbocycles. The Bertz CT molecular complexity index is 788. The van der Waals surface area contributed by atoms with Crippen molar-refractivity contribution in [3.05, 3.63) is 45.1 Å². The maximum atomic E-state index is 12.6. The van der Waals surface area contributed by atoms with E-state index < -0.39 is 5.97 Å². The fraction of sp³-hybridized carbons (Fsp3) is 0.333. The predicted molar refractivity (Wildman–Crippen MR) is 94.8 cm³/mol. The first-order valence-corrected chi connectivity index (χ1v) is 8.80. The maximum Gasteiger partial charge on any atom is 0.335 e. The second-order valence-corrected chi connectivity index (χ2v) is 7.14. The van der Waals surface area contributed by atoms with Crippen LogP contribution in [0.15, 0.2) is 24.3 Å². The van der Waals surface area contributed by atoms with Gasteiger partial charge < -0.3 is 19.9 Å². The van der Waals surface area contributed by atoms with Crippen LogP contribution < -0.4 is 10.1 Å². The number of carboxylic acids is 1. The number of nitrogens with one attached hydrogen (secondary N) is 1. The van der Waals surface area contributed by atoms with E-state index in [9.17, 15) is 14.7 Å². The predicted octanol–water partition coefficient (Wildman–Crippen LogP) is 3.56. The Morgan fingerprint density at radius 1 is 1.32 bits per heavy atom. The van der Waals surface area contributed by atoms with Gasteiger partial charge in [-0.2, -0.15) is 0 Å². The van der Waals surface area contributed by atoms with Gasteiger partial charge in [-0.15, -0.1) is 11.3 Å². The number of fused-ring (bicyclic) bond motifs is 1. The maximum absolute atomic E-state index is 12.6. The monoisotopic (exact) mass is 361 g/mol. The van der Waals surface area contributed by atoms with Crippen LogP contribution in [0.3, 0.4) is 0 Å². The topological polar surface area (TPSA) is 84.9 Å². The van der Waals surface area contributed by atoms with Gasteiger partial charge in [-0.1, -0.05) is 0 Å². The van der Waals surface area contributed by atoms with Crippen molar-refractivity contribution in [3.63, 3.8) is 0 Å². The number of hydrogen-bond donors (Lipinski definition) is 2. The average molecular weight is 361 g/mol. The molecule has 1 amide bonds. The molecular weight excluding hydrogens is 342 g/mol. The summed E-state index contributed by atoms with van der Waals surface area (Å²) < 4.78 is 11.1. The van der Waals surface area contributed by atoms with Gasteiger partial charge in [-0.05, 0) is 43.7 Å². The smallest absolute Gasteiger partial charge is 0.335 e. The van der Waals surface area contributed by atoms with Gasteiger partial charge >= 0.3 is 5.97 Å². The first-order chi connectivity index (χ1) is 11.9. The molecule has 2 aromatic rings. The minimum Gasteiger partial charge on any atom is -0.489 e. The van der Waals surface area contributed by atoms with Gasteiger partial charge in [0.05, 0.1) is 35.4 Å². The highest BCUT2D eigenvalue weighted by Crippen LogP contribution is 2.30. The number of ether oxygens (including phenoxy) is 2. The van der Waals surface area contributed by atoms with Gasteiger partial charge in [0.25, 0.3) is 5.91 Å². The zero-order valence-corrected chi connectivity index (χ0v) is 14.8. The Labute approximate surface area is 149 Å². The molecule has 2 heterocycles. The van der Waals surface area contributed by atoms with Crippen LogP contribution in [0.25, 0.3) is 0 Å². The number of carbonyl (C=O) groups is 2. The van der Waals surface area contributed by atoms with E-state index in [2.05, 4.69) is 5.32 Å². The number of benzene rings is 1. The number of hydrogen-bond acceptors (Lipinski definition) is 5. The van der Waals surface area contributed by atoms with Crippen LogP contribution in [0, 0.1) is 0 Å². The van der Waals surface area contributed by atoms with Crippen molar-refractivity contribution in [1.82, 2.24) is 0 Å². The normalized spacial score (nSPS) is 13.4. The van der Waals surface area contributed by atoms with Crippen LogP contribution in [0.1, 0.15) is 44.3 Å². The van der Waals surface area contributed by atoms with Crippen molar-refractivity contribution >= 4 is 28.9 Å². The zero-order chi connectivity index (χ0) is 18.0. The van der Waals surface area contributed by atoms with E-state index in [0.29, 0.717) is 29.5 Å². The molecule has 1 aromatic carbocycles. The van der Waals surface area contributed by atoms with Gasteiger partial charge in [0.15, 0.2) is 0 Å². The van der Waals surface area contributed by atoms with Gasteiger partial charge in [0, 0.05) is 11.3 Å². The number of amides is 1. The SMILES string of the molecule is CC(C)Oc1ccc(C(=O)O)cc1NC(=O)c1cc2c(s1)CCOC2. The van der Waals surface area contributed by atoms with Crippen LogP contribution in [-0.4, -0.2) is 29.7 Å². The Hall–Kier alpha value is -2.38. The third kappa shape index (κ3) is 4.00. The van der Waals surface area contributed by atoms with Gasteiger partial charge in [-0.3, -0.25) is 4.79 Å². The van der Waals surface area contributed by atoms with Crippen LogP contribution in [0.5, 0.6) is 5.75 Å². The fourth-order valence-electron chi connectivity index (χ4n) is 2.56. The largest absolute Gasteiger partial charge is 0.489 e. The molecule has 0 saturated heterocycles. The molecule has 0 atom stereocenters. The summed E-state index contributed by atoms with van der Waals surface area (Å²) in [5, 5.41) is 12.0. The van der Waals surface area contributed by atoms with Crippen LogP contribution in [0.4, 0.5) is 5.69 Å². The third-order valence-electron chi connectivity index (χ3n) is 3.69. The lowest BCUT2D eigenvalue weighted by Crippen LogP contribution is -2.14. The van der Waals surface area contributed by atoms with E-state index in [1.165, 1.54) is 23.5 Å². The summed E-state index contributed by atoms with van der Waals surface area (Å²) in [6.07, 6.45) is 0.710. The average Bonchev–Trinajstić information content (AvgIpc) is 3.00. The van der Waals surface area contributed by atoms with Crippen molar-refractivity contribution in [2.45, 2.75) is 33.0 Å². The minimum absolute atomic E-state index is 0.0882. The number of rotatable bonds is 5. The highest BCUT2D eigenvalue weighted by atomic mass is 32.1. The Kier molecular flexibility index (Phi) is 5.06. The van der Waals surface area contributed by atoms with Gasteiger partial charge in [0.1, 0.15) is 5.75 Å². The first-order valence-electron chi connectivity index (χ1n) is 7.98. The molecule has 2 N–H and O–H groups in total. The number of thiophene rings is 1. The lowest BCUT2D eigenvalue weighted by Gasteiger charge is -2.15. The van der Waals surface area contributed by atoms with E-state index in [4.69, 9.17) is 9.47 Å². The van der Waals surface area contributed by atoms with E-state index >= 15 is 0 Å². The number of carbonyl (C=O) groups excluding carboxylic acids is 1. The summed E-state index contributed by atoms with van der Waals surface area (Å²) in [6.45, 7) is 4.92. The Morgan fingerprint density at radius 2 is 2.12 bits per heavy atom. The highest BCUT2D eigenvalue weighted by molar-refractivity contribution is 7.14. The summed E-state index contributed by atoms with van der Waals surface area (Å²) in [7, 11) is 0. The number of aromatic carboxylic acids is 1. The fourth-order valence-corrected chi connectivity index (χ4v) is 3.61.